The summed E-state index contributed by atoms with van der Waals surface area (Å²) in [5.74, 6) is 0.252. The van der Waals surface area contributed by atoms with Gasteiger partial charge in [-0.2, -0.15) is 0 Å². The Labute approximate surface area is 192 Å². The third-order valence-corrected chi connectivity index (χ3v) is 5.35. The van der Waals surface area contributed by atoms with Crippen molar-refractivity contribution >= 4 is 17.7 Å². The standard InChI is InChI=1S/C26H26N2O5/c1-31-25(29)22-9-5-6-10-23(22)27-26(30)28-13-14-33-24-12-11-20(15-21(24)16-28)18-32-17-19-7-3-2-4-8-19/h2-12,15H,13-14,16-18H2,1H3,(H,27,30). The number of hydrogen-bond acceptors (Lipinski definition) is 5. The first kappa shape index (κ1) is 22.4. The number of rotatable bonds is 6. The van der Waals surface area contributed by atoms with E-state index in [-0.39, 0.29) is 6.03 Å². The first-order chi connectivity index (χ1) is 16.1. The molecule has 0 saturated heterocycles. The van der Waals surface area contributed by atoms with Gasteiger partial charge in [0.15, 0.2) is 0 Å². The maximum atomic E-state index is 13.0. The number of nitrogens with zero attached hydrogens (tertiary/aromatic N) is 1. The van der Waals surface area contributed by atoms with Gasteiger partial charge in [0.05, 0.1) is 44.7 Å². The van der Waals surface area contributed by atoms with Crippen LogP contribution >= 0.6 is 0 Å². The third kappa shape index (κ3) is 5.70. The quantitative estimate of drug-likeness (QED) is 0.560. The highest BCUT2D eigenvalue weighted by Crippen LogP contribution is 2.26. The van der Waals surface area contributed by atoms with E-state index in [9.17, 15) is 9.59 Å². The third-order valence-electron chi connectivity index (χ3n) is 5.35. The van der Waals surface area contributed by atoms with Crippen LogP contribution in [0.3, 0.4) is 0 Å². The molecule has 4 rings (SSSR count). The molecule has 7 nitrogen and oxygen atoms in total. The second-order valence-electron chi connectivity index (χ2n) is 7.66. The summed E-state index contributed by atoms with van der Waals surface area (Å²) in [4.78, 5) is 26.7. The number of urea groups is 1. The highest BCUT2D eigenvalue weighted by atomic mass is 16.5. The minimum atomic E-state index is -0.504. The summed E-state index contributed by atoms with van der Waals surface area (Å²) >= 11 is 0. The van der Waals surface area contributed by atoms with Crippen molar-refractivity contribution in [3.8, 4) is 5.75 Å². The monoisotopic (exact) mass is 446 g/mol. The molecular formula is C26H26N2O5. The molecule has 0 fully saturated rings. The SMILES string of the molecule is COC(=O)c1ccccc1NC(=O)N1CCOc2ccc(COCc3ccccc3)cc2C1. The van der Waals surface area contributed by atoms with E-state index in [1.165, 1.54) is 7.11 Å². The van der Waals surface area contributed by atoms with Crippen LogP contribution in [0.15, 0.2) is 72.8 Å². The van der Waals surface area contributed by atoms with Gasteiger partial charge < -0.3 is 24.4 Å². The highest BCUT2D eigenvalue weighted by molar-refractivity contribution is 6.00. The summed E-state index contributed by atoms with van der Waals surface area (Å²) in [7, 11) is 1.31. The summed E-state index contributed by atoms with van der Waals surface area (Å²) in [6.45, 7) is 2.17. The van der Waals surface area contributed by atoms with E-state index < -0.39 is 5.97 Å². The molecule has 0 bridgehead atoms. The number of benzene rings is 3. The zero-order chi connectivity index (χ0) is 23.0. The number of amides is 2. The number of ether oxygens (including phenoxy) is 3. The van der Waals surface area contributed by atoms with Crippen LogP contribution in [-0.2, 0) is 29.2 Å². The first-order valence-corrected chi connectivity index (χ1v) is 10.7. The fraction of sp³-hybridized carbons (Fsp3) is 0.231. The van der Waals surface area contributed by atoms with Gasteiger partial charge in [-0.1, -0.05) is 48.5 Å². The molecule has 0 radical (unpaired) electrons. The van der Waals surface area contributed by atoms with E-state index >= 15 is 0 Å². The number of esters is 1. The summed E-state index contributed by atoms with van der Waals surface area (Å²) in [5.41, 5.74) is 3.74. The largest absolute Gasteiger partial charge is 0.491 e. The lowest BCUT2D eigenvalue weighted by molar-refractivity contribution is 0.0602. The molecule has 3 aromatic rings. The minimum absolute atomic E-state index is 0.303. The van der Waals surface area contributed by atoms with Crippen molar-refractivity contribution in [3.05, 3.63) is 95.1 Å². The number of anilines is 1. The number of nitrogens with one attached hydrogen (secondary N) is 1. The van der Waals surface area contributed by atoms with Crippen LogP contribution in [0.1, 0.15) is 27.0 Å². The van der Waals surface area contributed by atoms with Crippen molar-refractivity contribution in [1.82, 2.24) is 4.90 Å². The molecular weight excluding hydrogens is 420 g/mol. The van der Waals surface area contributed by atoms with Crippen molar-refractivity contribution in [1.29, 1.82) is 0 Å². The predicted molar refractivity (Wildman–Crippen MR) is 124 cm³/mol. The van der Waals surface area contributed by atoms with Gasteiger partial charge >= 0.3 is 12.0 Å². The number of hydrogen-bond donors (Lipinski definition) is 1. The molecule has 0 unspecified atom stereocenters. The van der Waals surface area contributed by atoms with Gasteiger partial charge in [-0.25, -0.2) is 9.59 Å². The average Bonchev–Trinajstić information content (AvgIpc) is 3.07. The van der Waals surface area contributed by atoms with E-state index in [0.717, 1.165) is 22.4 Å². The van der Waals surface area contributed by atoms with Crippen molar-refractivity contribution in [2.24, 2.45) is 0 Å². The predicted octanol–water partition coefficient (Wildman–Crippen LogP) is 4.62. The van der Waals surface area contributed by atoms with Gasteiger partial charge in [0.25, 0.3) is 0 Å². The van der Waals surface area contributed by atoms with Gasteiger partial charge in [0, 0.05) is 5.56 Å². The van der Waals surface area contributed by atoms with Gasteiger partial charge in [0.2, 0.25) is 0 Å². The van der Waals surface area contributed by atoms with Gasteiger partial charge in [-0.3, -0.25) is 0 Å². The molecule has 0 aliphatic carbocycles. The van der Waals surface area contributed by atoms with Crippen LogP contribution in [0.25, 0.3) is 0 Å². The highest BCUT2D eigenvalue weighted by Gasteiger charge is 2.22. The molecule has 1 aliphatic rings. The number of carbonyl (C=O) groups excluding carboxylic acids is 2. The molecule has 170 valence electrons. The first-order valence-electron chi connectivity index (χ1n) is 10.7. The average molecular weight is 447 g/mol. The Morgan fingerprint density at radius 2 is 1.73 bits per heavy atom. The Hall–Kier alpha value is -3.84. The lowest BCUT2D eigenvalue weighted by Crippen LogP contribution is -2.36. The smallest absolute Gasteiger partial charge is 0.339 e. The molecule has 1 N–H and O–H groups in total. The molecule has 7 heteroatoms. The Kier molecular flexibility index (Phi) is 7.22. The van der Waals surface area contributed by atoms with Crippen LogP contribution in [0, 0.1) is 0 Å². The normalized spacial score (nSPS) is 12.8. The van der Waals surface area contributed by atoms with Crippen LogP contribution in [-0.4, -0.2) is 37.2 Å². The van der Waals surface area contributed by atoms with Crippen LogP contribution in [0.4, 0.5) is 10.5 Å². The number of methoxy groups -OCH3 is 1. The zero-order valence-electron chi connectivity index (χ0n) is 18.5. The van der Waals surface area contributed by atoms with Crippen LogP contribution < -0.4 is 10.1 Å². The topological polar surface area (TPSA) is 77.1 Å². The van der Waals surface area contributed by atoms with E-state index in [1.54, 1.807) is 29.2 Å². The summed E-state index contributed by atoms with van der Waals surface area (Å²) in [6, 6.07) is 22.4. The fourth-order valence-electron chi connectivity index (χ4n) is 3.65. The Morgan fingerprint density at radius 3 is 2.55 bits per heavy atom. The van der Waals surface area contributed by atoms with Gasteiger partial charge in [-0.05, 0) is 35.4 Å². The van der Waals surface area contributed by atoms with E-state index in [2.05, 4.69) is 5.32 Å². The Morgan fingerprint density at radius 1 is 0.970 bits per heavy atom. The lowest BCUT2D eigenvalue weighted by Gasteiger charge is -2.21. The molecule has 33 heavy (non-hydrogen) atoms. The molecule has 0 spiro atoms. The van der Waals surface area contributed by atoms with Crippen LogP contribution in [0.2, 0.25) is 0 Å². The van der Waals surface area contributed by atoms with Gasteiger partial charge in [0.1, 0.15) is 12.4 Å². The molecule has 0 atom stereocenters. The van der Waals surface area contributed by atoms with Crippen molar-refractivity contribution in [2.75, 3.05) is 25.6 Å². The number of fused-ring (bicyclic) bond motifs is 1. The molecule has 1 aliphatic heterocycles. The van der Waals surface area contributed by atoms with Crippen molar-refractivity contribution in [2.45, 2.75) is 19.8 Å². The minimum Gasteiger partial charge on any atom is -0.491 e. The van der Waals surface area contributed by atoms with Crippen LogP contribution in [0.5, 0.6) is 5.75 Å². The van der Waals surface area contributed by atoms with E-state index in [4.69, 9.17) is 14.2 Å². The Balaban J connectivity index is 1.42. The second-order valence-corrected chi connectivity index (χ2v) is 7.66. The maximum Gasteiger partial charge on any atom is 0.339 e. The van der Waals surface area contributed by atoms with E-state index in [1.807, 2.05) is 48.5 Å². The molecule has 2 amide bonds. The Bertz CT molecular complexity index is 1120. The van der Waals surface area contributed by atoms with E-state index in [0.29, 0.717) is 44.2 Å². The fourth-order valence-corrected chi connectivity index (χ4v) is 3.65. The summed E-state index contributed by atoms with van der Waals surface area (Å²) < 4.78 is 16.5. The second kappa shape index (κ2) is 10.7. The molecule has 0 aromatic heterocycles. The summed E-state index contributed by atoms with van der Waals surface area (Å²) in [6.07, 6.45) is 0. The van der Waals surface area contributed by atoms with Gasteiger partial charge in [-0.15, -0.1) is 0 Å². The maximum absolute atomic E-state index is 13.0. The van der Waals surface area contributed by atoms with Crippen molar-refractivity contribution < 1.29 is 23.8 Å². The number of carbonyl (C=O) groups is 2. The molecule has 3 aromatic carbocycles. The molecule has 0 saturated carbocycles. The molecule has 1 heterocycles. The number of para-hydroxylation sites is 1. The lowest BCUT2D eigenvalue weighted by atomic mass is 10.1. The summed E-state index contributed by atoms with van der Waals surface area (Å²) in [5, 5.41) is 2.83. The zero-order valence-corrected chi connectivity index (χ0v) is 18.5. The van der Waals surface area contributed by atoms with Crippen molar-refractivity contribution in [3.63, 3.8) is 0 Å².